The summed E-state index contributed by atoms with van der Waals surface area (Å²) in [4.78, 5) is 6.90. The van der Waals surface area contributed by atoms with E-state index in [1.165, 1.54) is 23.2 Å². The zero-order valence-corrected chi connectivity index (χ0v) is 15.7. The number of nitrogens with one attached hydrogen (secondary N) is 2. The third-order valence-corrected chi connectivity index (χ3v) is 5.57. The van der Waals surface area contributed by atoms with Gasteiger partial charge in [0.15, 0.2) is 5.96 Å². The second kappa shape index (κ2) is 7.40. The molecule has 4 heteroatoms. The topological polar surface area (TPSA) is 39.7 Å². The quantitative estimate of drug-likeness (QED) is 0.658. The molecule has 2 fully saturated rings. The van der Waals surface area contributed by atoms with Crippen molar-refractivity contribution in [3.63, 3.8) is 0 Å². The molecule has 4 rings (SSSR count). The highest BCUT2D eigenvalue weighted by atomic mass is 15.3. The number of nitrogens with zero attached hydrogens (tertiary/aromatic N) is 2. The van der Waals surface area contributed by atoms with E-state index in [-0.39, 0.29) is 0 Å². The molecule has 2 aromatic carbocycles. The van der Waals surface area contributed by atoms with E-state index in [1.54, 1.807) is 0 Å². The van der Waals surface area contributed by atoms with Crippen LogP contribution >= 0.6 is 0 Å². The number of para-hydroxylation sites is 1. The molecule has 1 saturated heterocycles. The maximum Gasteiger partial charge on any atom is 0.191 e. The highest BCUT2D eigenvalue weighted by Gasteiger charge is 2.40. The summed E-state index contributed by atoms with van der Waals surface area (Å²) < 4.78 is 0. The molecule has 0 amide bonds. The summed E-state index contributed by atoms with van der Waals surface area (Å²) in [6.45, 7) is 4.32. The minimum Gasteiger partial charge on any atom is -0.369 e. The van der Waals surface area contributed by atoms with Gasteiger partial charge >= 0.3 is 0 Å². The molecule has 1 aliphatic heterocycles. The number of rotatable bonds is 4. The molecule has 1 aliphatic carbocycles. The first-order valence-electron chi connectivity index (χ1n) is 9.60. The lowest BCUT2D eigenvalue weighted by molar-refractivity contribution is 0.646. The molecule has 0 radical (unpaired) electrons. The lowest BCUT2D eigenvalue weighted by Gasteiger charge is -2.20. The van der Waals surface area contributed by atoms with E-state index >= 15 is 0 Å². The summed E-state index contributed by atoms with van der Waals surface area (Å²) in [6.07, 6.45) is 2.33. The van der Waals surface area contributed by atoms with Gasteiger partial charge in [-0.1, -0.05) is 42.5 Å². The summed E-state index contributed by atoms with van der Waals surface area (Å²) in [5, 5.41) is 7.24. The van der Waals surface area contributed by atoms with E-state index in [0.717, 1.165) is 25.5 Å². The SMILES string of the molecule is CN=C(NC1CCN(c2ccccc2)C1)NC1CC1c1ccccc1C. The van der Waals surface area contributed by atoms with Crippen LogP contribution in [0.25, 0.3) is 0 Å². The number of hydrogen-bond donors (Lipinski definition) is 2. The van der Waals surface area contributed by atoms with Gasteiger partial charge in [-0.05, 0) is 43.0 Å². The Hall–Kier alpha value is -2.49. The van der Waals surface area contributed by atoms with Crippen molar-refractivity contribution in [1.82, 2.24) is 10.6 Å². The van der Waals surface area contributed by atoms with E-state index in [0.29, 0.717) is 18.0 Å². The fourth-order valence-corrected chi connectivity index (χ4v) is 3.99. The lowest BCUT2D eigenvalue weighted by atomic mass is 10.0. The Labute approximate surface area is 156 Å². The van der Waals surface area contributed by atoms with E-state index in [9.17, 15) is 0 Å². The summed E-state index contributed by atoms with van der Waals surface area (Å²) in [7, 11) is 1.87. The number of anilines is 1. The highest BCUT2D eigenvalue weighted by Crippen LogP contribution is 2.42. The second-order valence-electron chi connectivity index (χ2n) is 7.43. The fraction of sp³-hybridized carbons (Fsp3) is 0.409. The summed E-state index contributed by atoms with van der Waals surface area (Å²) in [5.74, 6) is 1.55. The molecule has 2 aliphatic rings. The van der Waals surface area contributed by atoms with Crippen molar-refractivity contribution in [3.8, 4) is 0 Å². The molecule has 2 N–H and O–H groups in total. The summed E-state index contributed by atoms with van der Waals surface area (Å²) in [5.41, 5.74) is 4.16. The van der Waals surface area contributed by atoms with Gasteiger partial charge in [-0.2, -0.15) is 0 Å². The van der Waals surface area contributed by atoms with Crippen molar-refractivity contribution in [2.45, 2.75) is 37.8 Å². The van der Waals surface area contributed by atoms with E-state index < -0.39 is 0 Å². The van der Waals surface area contributed by atoms with Gasteiger partial charge in [0.05, 0.1) is 0 Å². The molecule has 0 spiro atoms. The van der Waals surface area contributed by atoms with Gasteiger partial charge in [0, 0.05) is 43.8 Å². The Morgan fingerprint density at radius 1 is 1.04 bits per heavy atom. The summed E-state index contributed by atoms with van der Waals surface area (Å²) in [6, 6.07) is 20.3. The van der Waals surface area contributed by atoms with Crippen LogP contribution in [0.5, 0.6) is 0 Å². The molecule has 2 aromatic rings. The standard InChI is InChI=1S/C22H28N4/c1-16-8-6-7-11-19(16)20-14-21(20)25-22(23-2)24-17-12-13-26(15-17)18-9-4-3-5-10-18/h3-11,17,20-21H,12-15H2,1-2H3,(H2,23,24,25). The molecule has 3 atom stereocenters. The fourth-order valence-electron chi connectivity index (χ4n) is 3.99. The van der Waals surface area contributed by atoms with Gasteiger partial charge in [0.2, 0.25) is 0 Å². The summed E-state index contributed by atoms with van der Waals surface area (Å²) >= 11 is 0. The Balaban J connectivity index is 1.30. The predicted octanol–water partition coefficient (Wildman–Crippen LogP) is 3.29. The van der Waals surface area contributed by atoms with Crippen molar-refractivity contribution in [2.24, 2.45) is 4.99 Å². The number of benzene rings is 2. The van der Waals surface area contributed by atoms with Gasteiger partial charge in [0.1, 0.15) is 0 Å². The number of aliphatic imine (C=N–C) groups is 1. The van der Waals surface area contributed by atoms with Crippen LogP contribution in [0.3, 0.4) is 0 Å². The number of hydrogen-bond acceptors (Lipinski definition) is 2. The molecule has 0 aromatic heterocycles. The van der Waals surface area contributed by atoms with Crippen LogP contribution in [0, 0.1) is 6.92 Å². The second-order valence-corrected chi connectivity index (χ2v) is 7.43. The van der Waals surface area contributed by atoms with Crippen LogP contribution in [-0.2, 0) is 0 Å². The lowest BCUT2D eigenvalue weighted by Crippen LogP contribution is -2.45. The Morgan fingerprint density at radius 2 is 1.81 bits per heavy atom. The Bertz CT molecular complexity index is 771. The molecular weight excluding hydrogens is 320 g/mol. The van der Waals surface area contributed by atoms with E-state index in [4.69, 9.17) is 0 Å². The smallest absolute Gasteiger partial charge is 0.191 e. The minimum absolute atomic E-state index is 0.442. The molecule has 0 bridgehead atoms. The van der Waals surface area contributed by atoms with Crippen LogP contribution in [-0.4, -0.2) is 38.2 Å². The predicted molar refractivity (Wildman–Crippen MR) is 109 cm³/mol. The van der Waals surface area contributed by atoms with Crippen molar-refractivity contribution < 1.29 is 0 Å². The van der Waals surface area contributed by atoms with E-state index in [1.807, 2.05) is 7.05 Å². The van der Waals surface area contributed by atoms with Gasteiger partial charge in [0.25, 0.3) is 0 Å². The maximum absolute atomic E-state index is 4.46. The van der Waals surface area contributed by atoms with E-state index in [2.05, 4.69) is 82.0 Å². The zero-order valence-electron chi connectivity index (χ0n) is 15.7. The van der Waals surface area contributed by atoms with Crippen LogP contribution in [0.4, 0.5) is 5.69 Å². The largest absolute Gasteiger partial charge is 0.369 e. The number of aryl methyl sites for hydroxylation is 1. The Morgan fingerprint density at radius 3 is 2.58 bits per heavy atom. The van der Waals surface area contributed by atoms with Crippen LogP contribution in [0.15, 0.2) is 59.6 Å². The molecular formula is C22H28N4. The zero-order chi connectivity index (χ0) is 17.9. The third-order valence-electron chi connectivity index (χ3n) is 5.57. The number of guanidine groups is 1. The van der Waals surface area contributed by atoms with Crippen LogP contribution in [0.2, 0.25) is 0 Å². The van der Waals surface area contributed by atoms with Crippen molar-refractivity contribution >= 4 is 11.6 Å². The maximum atomic E-state index is 4.46. The van der Waals surface area contributed by atoms with Gasteiger partial charge in [-0.15, -0.1) is 0 Å². The minimum atomic E-state index is 0.442. The molecule has 1 heterocycles. The molecule has 1 saturated carbocycles. The average molecular weight is 348 g/mol. The molecule has 26 heavy (non-hydrogen) atoms. The van der Waals surface area contributed by atoms with Gasteiger partial charge in [-0.25, -0.2) is 0 Å². The van der Waals surface area contributed by atoms with Crippen LogP contribution < -0.4 is 15.5 Å². The monoisotopic (exact) mass is 348 g/mol. The van der Waals surface area contributed by atoms with Crippen molar-refractivity contribution in [1.29, 1.82) is 0 Å². The first kappa shape index (κ1) is 17.0. The van der Waals surface area contributed by atoms with Crippen molar-refractivity contribution in [3.05, 3.63) is 65.7 Å². The van der Waals surface area contributed by atoms with Crippen LogP contribution in [0.1, 0.15) is 29.9 Å². The Kier molecular flexibility index (Phi) is 4.83. The molecule has 3 unspecified atom stereocenters. The average Bonchev–Trinajstić information content (AvgIpc) is 3.27. The first-order valence-corrected chi connectivity index (χ1v) is 9.60. The molecule has 4 nitrogen and oxygen atoms in total. The normalized spacial score (nSPS) is 25.2. The first-order chi connectivity index (χ1) is 12.7. The van der Waals surface area contributed by atoms with Crippen molar-refractivity contribution in [2.75, 3.05) is 25.0 Å². The van der Waals surface area contributed by atoms with Gasteiger partial charge in [-0.3, -0.25) is 4.99 Å². The highest BCUT2D eigenvalue weighted by molar-refractivity contribution is 5.81. The molecule has 136 valence electrons. The van der Waals surface area contributed by atoms with Gasteiger partial charge < -0.3 is 15.5 Å². The third kappa shape index (κ3) is 3.69.